The fraction of sp³-hybridized carbons (Fsp3) is 0.692. The zero-order valence-electron chi connectivity index (χ0n) is 10.7. The Labute approximate surface area is 107 Å². The van der Waals surface area contributed by atoms with Crippen LogP contribution < -0.4 is 4.90 Å². The van der Waals surface area contributed by atoms with Crippen molar-refractivity contribution in [3.05, 3.63) is 18.2 Å². The largest absolute Gasteiger partial charge is 0.335 e. The van der Waals surface area contributed by atoms with Crippen LogP contribution in [-0.4, -0.2) is 46.6 Å². The molecule has 0 aliphatic carbocycles. The molecule has 2 aliphatic heterocycles. The molecule has 5 heteroatoms. The number of hydrogen-bond donors (Lipinski definition) is 0. The van der Waals surface area contributed by atoms with E-state index in [0.717, 1.165) is 13.1 Å². The molecule has 2 saturated heterocycles. The number of fused-ring (bicyclic) bond motifs is 1. The van der Waals surface area contributed by atoms with Crippen molar-refractivity contribution in [2.45, 2.75) is 38.3 Å². The van der Waals surface area contributed by atoms with E-state index in [1.807, 2.05) is 0 Å². The molecule has 98 valence electrons. The number of piperidine rings is 1. The predicted molar refractivity (Wildman–Crippen MR) is 68.0 cm³/mol. The summed E-state index contributed by atoms with van der Waals surface area (Å²) in [7, 11) is 0. The third kappa shape index (κ3) is 2.07. The molecule has 0 aromatic carbocycles. The van der Waals surface area contributed by atoms with E-state index in [-0.39, 0.29) is 5.82 Å². The molecule has 0 radical (unpaired) electrons. The van der Waals surface area contributed by atoms with Gasteiger partial charge >= 0.3 is 0 Å². The lowest BCUT2D eigenvalue weighted by atomic mass is 9.93. The summed E-state index contributed by atoms with van der Waals surface area (Å²) >= 11 is 0. The van der Waals surface area contributed by atoms with Crippen molar-refractivity contribution < 1.29 is 4.39 Å². The van der Waals surface area contributed by atoms with Crippen LogP contribution in [0.5, 0.6) is 0 Å². The van der Waals surface area contributed by atoms with Crippen molar-refractivity contribution in [1.29, 1.82) is 0 Å². The molecule has 0 amide bonds. The average molecular weight is 250 g/mol. The highest BCUT2D eigenvalue weighted by Gasteiger charge is 2.35. The van der Waals surface area contributed by atoms with Crippen LogP contribution in [0.2, 0.25) is 0 Å². The van der Waals surface area contributed by atoms with Gasteiger partial charge in [-0.15, -0.1) is 0 Å². The van der Waals surface area contributed by atoms with Crippen LogP contribution in [0.15, 0.2) is 12.4 Å². The summed E-state index contributed by atoms with van der Waals surface area (Å²) in [6.07, 6.45) is 6.38. The topological polar surface area (TPSA) is 32.3 Å². The number of hydrogen-bond acceptors (Lipinski definition) is 4. The van der Waals surface area contributed by atoms with Gasteiger partial charge in [0, 0.05) is 25.2 Å². The second-order valence-electron chi connectivity index (χ2n) is 5.23. The normalized spacial score (nSPS) is 29.1. The highest BCUT2D eigenvalue weighted by atomic mass is 19.1. The van der Waals surface area contributed by atoms with Crippen molar-refractivity contribution in [3.8, 4) is 0 Å². The first-order valence-corrected chi connectivity index (χ1v) is 6.74. The molecule has 0 saturated carbocycles. The molecule has 0 spiro atoms. The minimum atomic E-state index is -0.372. The van der Waals surface area contributed by atoms with Gasteiger partial charge in [-0.2, -0.15) is 0 Å². The second kappa shape index (κ2) is 4.80. The van der Waals surface area contributed by atoms with Crippen molar-refractivity contribution >= 4 is 5.95 Å². The van der Waals surface area contributed by atoms with Crippen LogP contribution in [0.3, 0.4) is 0 Å². The molecule has 2 unspecified atom stereocenters. The number of halogens is 1. The van der Waals surface area contributed by atoms with Crippen LogP contribution >= 0.6 is 0 Å². The van der Waals surface area contributed by atoms with Crippen molar-refractivity contribution in [1.82, 2.24) is 14.9 Å². The molecule has 0 bridgehead atoms. The van der Waals surface area contributed by atoms with E-state index >= 15 is 0 Å². The predicted octanol–water partition coefficient (Wildman–Crippen LogP) is 1.68. The number of nitrogens with zero attached hydrogens (tertiary/aromatic N) is 4. The molecule has 2 aliphatic rings. The number of rotatable bonds is 1. The van der Waals surface area contributed by atoms with E-state index in [4.69, 9.17) is 0 Å². The summed E-state index contributed by atoms with van der Waals surface area (Å²) in [5, 5.41) is 0. The molecule has 1 aromatic heterocycles. The number of piperazine rings is 1. The standard InChI is InChI=1S/C13H19FN4/c1-10-12-4-2-3-5-17(12)6-7-18(10)13-15-8-11(14)9-16-13/h8-10,12H,2-7H2,1H3. The zero-order chi connectivity index (χ0) is 12.5. The van der Waals surface area contributed by atoms with Gasteiger partial charge in [-0.1, -0.05) is 6.42 Å². The molecule has 0 N–H and O–H groups in total. The first kappa shape index (κ1) is 11.8. The van der Waals surface area contributed by atoms with Crippen LogP contribution in [0.1, 0.15) is 26.2 Å². The van der Waals surface area contributed by atoms with Gasteiger partial charge in [0.15, 0.2) is 5.82 Å². The van der Waals surface area contributed by atoms with Crippen molar-refractivity contribution in [2.75, 3.05) is 24.5 Å². The first-order chi connectivity index (χ1) is 8.75. The summed E-state index contributed by atoms with van der Waals surface area (Å²) in [4.78, 5) is 13.0. The third-order valence-electron chi connectivity index (χ3n) is 4.20. The minimum absolute atomic E-state index is 0.372. The van der Waals surface area contributed by atoms with Gasteiger partial charge in [0.1, 0.15) is 0 Å². The lowest BCUT2D eigenvalue weighted by molar-refractivity contribution is 0.105. The molecule has 3 heterocycles. The summed E-state index contributed by atoms with van der Waals surface area (Å²) in [5.74, 6) is 0.289. The van der Waals surface area contributed by atoms with Gasteiger partial charge < -0.3 is 4.90 Å². The highest BCUT2D eigenvalue weighted by molar-refractivity contribution is 5.32. The first-order valence-electron chi connectivity index (χ1n) is 6.74. The molecule has 3 rings (SSSR count). The van der Waals surface area contributed by atoms with Crippen LogP contribution in [-0.2, 0) is 0 Å². The summed E-state index contributed by atoms with van der Waals surface area (Å²) in [6, 6.07) is 1.01. The molecule has 1 aromatic rings. The monoisotopic (exact) mass is 250 g/mol. The van der Waals surface area contributed by atoms with Crippen LogP contribution in [0.25, 0.3) is 0 Å². The molecule has 4 nitrogen and oxygen atoms in total. The van der Waals surface area contributed by atoms with E-state index in [0.29, 0.717) is 18.0 Å². The van der Waals surface area contributed by atoms with Crippen LogP contribution in [0.4, 0.5) is 10.3 Å². The van der Waals surface area contributed by atoms with Gasteiger partial charge in [0.05, 0.1) is 12.4 Å². The maximum atomic E-state index is 12.9. The van der Waals surface area contributed by atoms with Crippen molar-refractivity contribution in [2.24, 2.45) is 0 Å². The lowest BCUT2D eigenvalue weighted by Gasteiger charge is -2.48. The SMILES string of the molecule is CC1C2CCCCN2CCN1c1ncc(F)cn1. The van der Waals surface area contributed by atoms with Gasteiger partial charge in [-0.05, 0) is 26.3 Å². The number of anilines is 1. The maximum absolute atomic E-state index is 12.9. The summed E-state index contributed by atoms with van der Waals surface area (Å²) in [5.41, 5.74) is 0. The van der Waals surface area contributed by atoms with Crippen molar-refractivity contribution in [3.63, 3.8) is 0 Å². The Balaban J connectivity index is 1.79. The Kier molecular flexibility index (Phi) is 3.16. The van der Waals surface area contributed by atoms with Crippen LogP contribution in [0, 0.1) is 5.82 Å². The zero-order valence-corrected chi connectivity index (χ0v) is 10.7. The lowest BCUT2D eigenvalue weighted by Crippen LogP contribution is -2.60. The minimum Gasteiger partial charge on any atom is -0.335 e. The van der Waals surface area contributed by atoms with E-state index in [1.54, 1.807) is 0 Å². The molecule has 2 atom stereocenters. The smallest absolute Gasteiger partial charge is 0.225 e. The molecule has 18 heavy (non-hydrogen) atoms. The van der Waals surface area contributed by atoms with E-state index < -0.39 is 0 Å². The second-order valence-corrected chi connectivity index (χ2v) is 5.23. The third-order valence-corrected chi connectivity index (χ3v) is 4.20. The summed E-state index contributed by atoms with van der Waals surface area (Å²) in [6.45, 7) is 5.45. The Bertz CT molecular complexity index is 408. The fourth-order valence-electron chi connectivity index (χ4n) is 3.22. The highest BCUT2D eigenvalue weighted by Crippen LogP contribution is 2.27. The fourth-order valence-corrected chi connectivity index (χ4v) is 3.22. The molecular formula is C13H19FN4. The van der Waals surface area contributed by atoms with E-state index in [1.165, 1.54) is 38.2 Å². The Morgan fingerprint density at radius 1 is 1.17 bits per heavy atom. The van der Waals surface area contributed by atoms with Gasteiger partial charge in [-0.3, -0.25) is 4.90 Å². The Hall–Kier alpha value is -1.23. The maximum Gasteiger partial charge on any atom is 0.225 e. The quantitative estimate of drug-likeness (QED) is 0.759. The summed E-state index contributed by atoms with van der Waals surface area (Å²) < 4.78 is 12.9. The van der Waals surface area contributed by atoms with Gasteiger partial charge in [0.25, 0.3) is 0 Å². The average Bonchev–Trinajstić information content (AvgIpc) is 2.41. The Morgan fingerprint density at radius 3 is 2.72 bits per heavy atom. The van der Waals surface area contributed by atoms with Gasteiger partial charge in [0.2, 0.25) is 5.95 Å². The molecule has 2 fully saturated rings. The van der Waals surface area contributed by atoms with Gasteiger partial charge in [-0.25, -0.2) is 14.4 Å². The number of aromatic nitrogens is 2. The molecular weight excluding hydrogens is 231 g/mol. The van der Waals surface area contributed by atoms with E-state index in [9.17, 15) is 4.39 Å². The van der Waals surface area contributed by atoms with E-state index in [2.05, 4.69) is 26.7 Å². The Morgan fingerprint density at radius 2 is 1.94 bits per heavy atom.